The molecule has 1 aromatic carbocycles. The molecule has 2 heterocycles. The number of hydrogen-bond donors (Lipinski definition) is 1. The van der Waals surface area contributed by atoms with Crippen molar-refractivity contribution < 1.29 is 9.53 Å². The van der Waals surface area contributed by atoms with Gasteiger partial charge in [-0.15, -0.1) is 0 Å². The van der Waals surface area contributed by atoms with Crippen molar-refractivity contribution in [1.29, 1.82) is 0 Å². The Labute approximate surface area is 161 Å². The van der Waals surface area contributed by atoms with Gasteiger partial charge in [0.1, 0.15) is 5.56 Å². The minimum absolute atomic E-state index is 0.173. The van der Waals surface area contributed by atoms with E-state index >= 15 is 0 Å². The summed E-state index contributed by atoms with van der Waals surface area (Å²) in [5.74, 6) is 0.202. The molecule has 1 saturated heterocycles. The molecule has 0 spiro atoms. The molecule has 3 rings (SSSR count). The largest absolute Gasteiger partial charge is 0.477 e. The van der Waals surface area contributed by atoms with Gasteiger partial charge in [-0.1, -0.05) is 24.3 Å². The number of piperazine rings is 1. The van der Waals surface area contributed by atoms with Gasteiger partial charge in [0.25, 0.3) is 5.91 Å². The maximum Gasteiger partial charge on any atom is 0.257 e. The predicted octanol–water partition coefficient (Wildman–Crippen LogP) is 2.16. The van der Waals surface area contributed by atoms with E-state index in [0.29, 0.717) is 24.6 Å². The van der Waals surface area contributed by atoms with E-state index in [1.165, 1.54) is 5.56 Å². The lowest BCUT2D eigenvalue weighted by molar-refractivity contribution is 0.0946. The van der Waals surface area contributed by atoms with Crippen molar-refractivity contribution in [3.8, 4) is 5.88 Å². The summed E-state index contributed by atoms with van der Waals surface area (Å²) in [6.07, 6.45) is 1.63. The monoisotopic (exact) mass is 368 g/mol. The summed E-state index contributed by atoms with van der Waals surface area (Å²) in [6.45, 7) is 8.29. The van der Waals surface area contributed by atoms with Gasteiger partial charge in [0.15, 0.2) is 0 Å². The van der Waals surface area contributed by atoms with Gasteiger partial charge in [-0.2, -0.15) is 0 Å². The molecule has 1 N–H and O–H groups in total. The van der Waals surface area contributed by atoms with Crippen LogP contribution in [0.3, 0.4) is 0 Å². The van der Waals surface area contributed by atoms with Crippen LogP contribution in [0.25, 0.3) is 0 Å². The molecule has 0 unspecified atom stereocenters. The van der Waals surface area contributed by atoms with Crippen LogP contribution >= 0.6 is 0 Å². The lowest BCUT2D eigenvalue weighted by Crippen LogP contribution is -2.43. The third-order valence-electron chi connectivity index (χ3n) is 4.77. The van der Waals surface area contributed by atoms with Gasteiger partial charge >= 0.3 is 0 Å². The van der Waals surface area contributed by atoms with Crippen molar-refractivity contribution in [2.75, 3.05) is 39.8 Å². The first-order valence-electron chi connectivity index (χ1n) is 9.50. The first kappa shape index (κ1) is 19.3. The Morgan fingerprint density at radius 3 is 2.52 bits per heavy atom. The Morgan fingerprint density at radius 1 is 1.11 bits per heavy atom. The molecule has 2 aromatic rings. The fourth-order valence-electron chi connectivity index (χ4n) is 3.12. The second-order valence-electron chi connectivity index (χ2n) is 6.87. The highest BCUT2D eigenvalue weighted by atomic mass is 16.5. The molecule has 0 saturated carbocycles. The van der Waals surface area contributed by atoms with Crippen LogP contribution in [0.4, 0.5) is 0 Å². The van der Waals surface area contributed by atoms with E-state index in [9.17, 15) is 4.79 Å². The van der Waals surface area contributed by atoms with E-state index in [1.807, 2.05) is 6.92 Å². The van der Waals surface area contributed by atoms with Crippen LogP contribution in [0.5, 0.6) is 5.88 Å². The smallest absolute Gasteiger partial charge is 0.257 e. The summed E-state index contributed by atoms with van der Waals surface area (Å²) in [7, 11) is 2.17. The van der Waals surface area contributed by atoms with Gasteiger partial charge in [-0.05, 0) is 37.2 Å². The van der Waals surface area contributed by atoms with Gasteiger partial charge in [0, 0.05) is 45.5 Å². The minimum atomic E-state index is -0.173. The average molecular weight is 368 g/mol. The highest BCUT2D eigenvalue weighted by molar-refractivity contribution is 5.96. The van der Waals surface area contributed by atoms with Crippen molar-refractivity contribution in [2.45, 2.75) is 20.0 Å². The van der Waals surface area contributed by atoms with Gasteiger partial charge in [0.05, 0.1) is 6.61 Å². The molecule has 0 aliphatic carbocycles. The Hall–Kier alpha value is -2.44. The topological polar surface area (TPSA) is 57.7 Å². The molecule has 1 aliphatic rings. The summed E-state index contributed by atoms with van der Waals surface area (Å²) in [4.78, 5) is 21.4. The Kier molecular flexibility index (Phi) is 6.79. The third kappa shape index (κ3) is 5.52. The number of nitrogens with zero attached hydrogens (tertiary/aromatic N) is 3. The standard InChI is InChI=1S/C21H28N4O2/c1-3-27-21-19(5-4-10-22-21)20(26)23-15-17-6-8-18(9-7-17)16-25-13-11-24(2)12-14-25/h4-10H,3,11-16H2,1-2H3,(H,23,26). The molecular weight excluding hydrogens is 340 g/mol. The van der Waals surface area contributed by atoms with Crippen LogP contribution in [0.1, 0.15) is 28.4 Å². The number of nitrogens with one attached hydrogen (secondary N) is 1. The van der Waals surface area contributed by atoms with Crippen molar-refractivity contribution in [3.05, 3.63) is 59.3 Å². The van der Waals surface area contributed by atoms with E-state index < -0.39 is 0 Å². The Balaban J connectivity index is 1.52. The minimum Gasteiger partial charge on any atom is -0.477 e. The molecule has 0 atom stereocenters. The van der Waals surface area contributed by atoms with Crippen molar-refractivity contribution in [2.24, 2.45) is 0 Å². The summed E-state index contributed by atoms with van der Waals surface area (Å²) in [5.41, 5.74) is 2.85. The number of rotatable bonds is 7. The van der Waals surface area contributed by atoms with Crippen LogP contribution in [-0.2, 0) is 13.1 Å². The number of amides is 1. The molecule has 27 heavy (non-hydrogen) atoms. The average Bonchev–Trinajstić information content (AvgIpc) is 2.70. The number of pyridine rings is 1. The molecule has 0 bridgehead atoms. The summed E-state index contributed by atoms with van der Waals surface area (Å²) in [6, 6.07) is 11.9. The maximum atomic E-state index is 12.4. The summed E-state index contributed by atoms with van der Waals surface area (Å²) < 4.78 is 5.43. The second-order valence-corrected chi connectivity index (χ2v) is 6.87. The van der Waals surface area contributed by atoms with Crippen molar-refractivity contribution >= 4 is 5.91 Å². The highest BCUT2D eigenvalue weighted by Gasteiger charge is 2.14. The lowest BCUT2D eigenvalue weighted by atomic mass is 10.1. The van der Waals surface area contributed by atoms with E-state index in [4.69, 9.17) is 4.74 Å². The molecule has 144 valence electrons. The zero-order chi connectivity index (χ0) is 19.1. The Morgan fingerprint density at radius 2 is 1.81 bits per heavy atom. The zero-order valence-corrected chi connectivity index (χ0v) is 16.1. The molecule has 1 aromatic heterocycles. The molecule has 6 nitrogen and oxygen atoms in total. The number of benzene rings is 1. The molecule has 1 amide bonds. The third-order valence-corrected chi connectivity index (χ3v) is 4.77. The fraction of sp³-hybridized carbons (Fsp3) is 0.429. The summed E-state index contributed by atoms with van der Waals surface area (Å²) in [5, 5.41) is 2.94. The van der Waals surface area contributed by atoms with E-state index in [-0.39, 0.29) is 5.91 Å². The number of likely N-dealkylation sites (N-methyl/N-ethyl adjacent to an activating group) is 1. The molecular formula is C21H28N4O2. The molecule has 0 radical (unpaired) electrons. The molecule has 1 aliphatic heterocycles. The van der Waals surface area contributed by atoms with Gasteiger partial charge in [-0.3, -0.25) is 9.69 Å². The quantitative estimate of drug-likeness (QED) is 0.812. The first-order valence-corrected chi connectivity index (χ1v) is 9.50. The van der Waals surface area contributed by atoms with Crippen molar-refractivity contribution in [1.82, 2.24) is 20.1 Å². The van der Waals surface area contributed by atoms with Crippen LogP contribution in [0.2, 0.25) is 0 Å². The fourth-order valence-corrected chi connectivity index (χ4v) is 3.12. The van der Waals surface area contributed by atoms with Crippen LogP contribution in [-0.4, -0.2) is 60.5 Å². The molecule has 6 heteroatoms. The molecule has 1 fully saturated rings. The van der Waals surface area contributed by atoms with E-state index in [0.717, 1.165) is 38.3 Å². The van der Waals surface area contributed by atoms with Crippen molar-refractivity contribution in [3.63, 3.8) is 0 Å². The SMILES string of the molecule is CCOc1ncccc1C(=O)NCc1ccc(CN2CCN(C)CC2)cc1. The number of carbonyl (C=O) groups excluding carboxylic acids is 1. The van der Waals surface area contributed by atoms with Crippen LogP contribution in [0, 0.1) is 0 Å². The highest BCUT2D eigenvalue weighted by Crippen LogP contribution is 2.15. The van der Waals surface area contributed by atoms with Crippen LogP contribution in [0.15, 0.2) is 42.6 Å². The first-order chi connectivity index (χ1) is 13.2. The second kappa shape index (κ2) is 9.48. The van der Waals surface area contributed by atoms with Gasteiger partial charge < -0.3 is 15.0 Å². The maximum absolute atomic E-state index is 12.4. The van der Waals surface area contributed by atoms with E-state index in [2.05, 4.69) is 51.4 Å². The Bertz CT molecular complexity index is 740. The number of hydrogen-bond acceptors (Lipinski definition) is 5. The lowest BCUT2D eigenvalue weighted by Gasteiger charge is -2.32. The van der Waals surface area contributed by atoms with Gasteiger partial charge in [-0.25, -0.2) is 4.98 Å². The normalized spacial score (nSPS) is 15.5. The summed E-state index contributed by atoms with van der Waals surface area (Å²) >= 11 is 0. The number of ether oxygens (including phenoxy) is 1. The number of aromatic nitrogens is 1. The van der Waals surface area contributed by atoms with E-state index in [1.54, 1.807) is 18.3 Å². The van der Waals surface area contributed by atoms with Crippen LogP contribution < -0.4 is 10.1 Å². The predicted molar refractivity (Wildman–Crippen MR) is 106 cm³/mol. The number of carbonyl (C=O) groups is 1. The zero-order valence-electron chi connectivity index (χ0n) is 16.1. The van der Waals surface area contributed by atoms with Gasteiger partial charge in [0.2, 0.25) is 5.88 Å².